The zero-order valence-electron chi connectivity index (χ0n) is 12.0. The zero-order valence-corrected chi connectivity index (χ0v) is 12.8. The first-order valence-corrected chi connectivity index (χ1v) is 8.73. The highest BCUT2D eigenvalue weighted by atomic mass is 32.2. The molecular weight excluding hydrogens is 282 g/mol. The second kappa shape index (κ2) is 6.56. The van der Waals surface area contributed by atoms with Gasteiger partial charge in [0.1, 0.15) is 5.25 Å². The summed E-state index contributed by atoms with van der Waals surface area (Å²) in [6.45, 7) is 3.47. The number of amides is 1. The van der Waals surface area contributed by atoms with Gasteiger partial charge in [-0.2, -0.15) is 0 Å². The Hall–Kier alpha value is -1.11. The molecule has 1 saturated heterocycles. The van der Waals surface area contributed by atoms with Crippen LogP contribution in [0.2, 0.25) is 0 Å². The second-order valence-electron chi connectivity index (χ2n) is 5.36. The molecule has 0 aromatic carbocycles. The molecular formula is C13H23NO5S. The molecule has 1 heterocycles. The van der Waals surface area contributed by atoms with E-state index in [0.29, 0.717) is 32.1 Å². The Labute approximate surface area is 119 Å². The first-order chi connectivity index (χ1) is 9.29. The Bertz CT molecular complexity index is 467. The van der Waals surface area contributed by atoms with Gasteiger partial charge in [-0.3, -0.25) is 9.59 Å². The van der Waals surface area contributed by atoms with E-state index < -0.39 is 32.4 Å². The number of carboxylic acids is 1. The van der Waals surface area contributed by atoms with E-state index >= 15 is 0 Å². The van der Waals surface area contributed by atoms with Crippen molar-refractivity contribution in [3.63, 3.8) is 0 Å². The van der Waals surface area contributed by atoms with Crippen molar-refractivity contribution in [3.8, 4) is 0 Å². The monoisotopic (exact) mass is 305 g/mol. The largest absolute Gasteiger partial charge is 0.481 e. The van der Waals surface area contributed by atoms with Gasteiger partial charge in [0.2, 0.25) is 5.91 Å². The molecule has 20 heavy (non-hydrogen) atoms. The minimum Gasteiger partial charge on any atom is -0.481 e. The summed E-state index contributed by atoms with van der Waals surface area (Å²) in [6.07, 6.45) is 2.40. The summed E-state index contributed by atoms with van der Waals surface area (Å²) in [5.74, 6) is -1.48. The van der Waals surface area contributed by atoms with Crippen LogP contribution in [0, 0.1) is 5.41 Å². The summed E-state index contributed by atoms with van der Waals surface area (Å²) in [7, 11) is -3.38. The highest BCUT2D eigenvalue weighted by molar-refractivity contribution is 7.92. The molecule has 0 radical (unpaired) electrons. The van der Waals surface area contributed by atoms with E-state index in [-0.39, 0.29) is 12.3 Å². The summed E-state index contributed by atoms with van der Waals surface area (Å²) < 4.78 is 23.7. The molecule has 0 bridgehead atoms. The van der Waals surface area contributed by atoms with E-state index in [1.54, 1.807) is 13.8 Å². The maximum absolute atomic E-state index is 12.0. The molecule has 0 spiro atoms. The molecule has 2 N–H and O–H groups in total. The van der Waals surface area contributed by atoms with Crippen molar-refractivity contribution in [1.29, 1.82) is 0 Å². The molecule has 0 aliphatic carbocycles. The molecule has 1 aliphatic rings. The lowest BCUT2D eigenvalue weighted by molar-refractivity contribution is -0.149. The number of hydrogen-bond donors (Lipinski definition) is 2. The normalized spacial score (nSPS) is 22.2. The van der Waals surface area contributed by atoms with Crippen molar-refractivity contribution >= 4 is 21.7 Å². The highest BCUT2D eigenvalue weighted by Gasteiger charge is 2.38. The number of carboxylic acid groups (broad SMARTS) is 1. The Balaban J connectivity index is 2.73. The summed E-state index contributed by atoms with van der Waals surface area (Å²) >= 11 is 0. The second-order valence-corrected chi connectivity index (χ2v) is 7.66. The average Bonchev–Trinajstić information content (AvgIpc) is 2.39. The SMILES string of the molecule is CCC(CC)(CNC(=O)C1CCCCS1(=O)=O)C(=O)O. The lowest BCUT2D eigenvalue weighted by Crippen LogP contribution is -2.48. The van der Waals surface area contributed by atoms with Gasteiger partial charge in [-0.05, 0) is 25.7 Å². The van der Waals surface area contributed by atoms with Gasteiger partial charge in [0.05, 0.1) is 11.2 Å². The number of rotatable bonds is 6. The molecule has 0 aromatic heterocycles. The summed E-state index contributed by atoms with van der Waals surface area (Å²) in [5.41, 5.74) is -1.02. The van der Waals surface area contributed by atoms with Crippen LogP contribution in [0.1, 0.15) is 46.0 Å². The zero-order chi connectivity index (χ0) is 15.4. The lowest BCUT2D eigenvalue weighted by atomic mass is 9.82. The Kier molecular flexibility index (Phi) is 5.56. The van der Waals surface area contributed by atoms with Crippen LogP contribution in [0.3, 0.4) is 0 Å². The van der Waals surface area contributed by atoms with Gasteiger partial charge in [0.15, 0.2) is 9.84 Å². The fraction of sp³-hybridized carbons (Fsp3) is 0.846. The first kappa shape index (κ1) is 16.9. The maximum Gasteiger partial charge on any atom is 0.311 e. The number of aliphatic carboxylic acids is 1. The van der Waals surface area contributed by atoms with Crippen molar-refractivity contribution in [2.24, 2.45) is 5.41 Å². The number of carbonyl (C=O) groups excluding carboxylic acids is 1. The molecule has 0 saturated carbocycles. The van der Waals surface area contributed by atoms with Crippen LogP contribution < -0.4 is 5.32 Å². The van der Waals surface area contributed by atoms with Crippen molar-refractivity contribution in [3.05, 3.63) is 0 Å². The molecule has 7 heteroatoms. The van der Waals surface area contributed by atoms with Gasteiger partial charge in [-0.25, -0.2) is 8.42 Å². The fourth-order valence-corrected chi connectivity index (χ4v) is 4.32. The van der Waals surface area contributed by atoms with Gasteiger partial charge in [-0.1, -0.05) is 20.3 Å². The van der Waals surface area contributed by atoms with Gasteiger partial charge >= 0.3 is 5.97 Å². The summed E-state index contributed by atoms with van der Waals surface area (Å²) in [6, 6.07) is 0. The van der Waals surface area contributed by atoms with E-state index in [1.165, 1.54) is 0 Å². The van der Waals surface area contributed by atoms with Gasteiger partial charge < -0.3 is 10.4 Å². The van der Waals surface area contributed by atoms with Crippen LogP contribution in [-0.2, 0) is 19.4 Å². The van der Waals surface area contributed by atoms with Crippen LogP contribution in [0.4, 0.5) is 0 Å². The molecule has 1 aliphatic heterocycles. The van der Waals surface area contributed by atoms with E-state index in [1.807, 2.05) is 0 Å². The van der Waals surface area contributed by atoms with E-state index in [2.05, 4.69) is 5.32 Å². The lowest BCUT2D eigenvalue weighted by Gasteiger charge is -2.28. The van der Waals surface area contributed by atoms with Gasteiger partial charge in [0.25, 0.3) is 0 Å². The van der Waals surface area contributed by atoms with E-state index in [9.17, 15) is 23.1 Å². The molecule has 1 amide bonds. The quantitative estimate of drug-likeness (QED) is 0.761. The van der Waals surface area contributed by atoms with Gasteiger partial charge in [0, 0.05) is 6.54 Å². The molecule has 0 aromatic rings. The van der Waals surface area contributed by atoms with Crippen molar-refractivity contribution < 1.29 is 23.1 Å². The number of hydrogen-bond acceptors (Lipinski definition) is 4. The van der Waals surface area contributed by atoms with Crippen LogP contribution in [0.15, 0.2) is 0 Å². The summed E-state index contributed by atoms with van der Waals surface area (Å²) in [5, 5.41) is 10.8. The Morgan fingerprint density at radius 3 is 2.30 bits per heavy atom. The fourth-order valence-electron chi connectivity index (χ4n) is 2.50. The van der Waals surface area contributed by atoms with Crippen LogP contribution in [0.5, 0.6) is 0 Å². The predicted octanol–water partition coefficient (Wildman–Crippen LogP) is 0.961. The topological polar surface area (TPSA) is 101 Å². The first-order valence-electron chi connectivity index (χ1n) is 7.01. The third-order valence-electron chi connectivity index (χ3n) is 4.28. The molecule has 1 fully saturated rings. The maximum atomic E-state index is 12.0. The van der Waals surface area contributed by atoms with Crippen molar-refractivity contribution in [1.82, 2.24) is 5.32 Å². The molecule has 1 unspecified atom stereocenters. The third-order valence-corrected chi connectivity index (χ3v) is 6.45. The molecule has 116 valence electrons. The minimum absolute atomic E-state index is 0.0276. The average molecular weight is 305 g/mol. The van der Waals surface area contributed by atoms with E-state index in [0.717, 1.165) is 0 Å². The van der Waals surface area contributed by atoms with Crippen LogP contribution in [0.25, 0.3) is 0 Å². The third kappa shape index (κ3) is 3.50. The smallest absolute Gasteiger partial charge is 0.311 e. The molecule has 1 rings (SSSR count). The molecule has 1 atom stereocenters. The van der Waals surface area contributed by atoms with E-state index in [4.69, 9.17) is 0 Å². The van der Waals surface area contributed by atoms with Crippen molar-refractivity contribution in [2.45, 2.75) is 51.2 Å². The Morgan fingerprint density at radius 2 is 1.85 bits per heavy atom. The number of sulfone groups is 1. The molecule has 6 nitrogen and oxygen atoms in total. The van der Waals surface area contributed by atoms with Crippen molar-refractivity contribution in [2.75, 3.05) is 12.3 Å². The van der Waals surface area contributed by atoms with Gasteiger partial charge in [-0.15, -0.1) is 0 Å². The minimum atomic E-state index is -3.38. The number of nitrogens with one attached hydrogen (secondary N) is 1. The van der Waals surface area contributed by atoms with Crippen LogP contribution in [-0.4, -0.2) is 42.9 Å². The predicted molar refractivity (Wildman–Crippen MR) is 75.1 cm³/mol. The number of carbonyl (C=O) groups is 2. The summed E-state index contributed by atoms with van der Waals surface area (Å²) in [4.78, 5) is 23.4. The standard InChI is InChI=1S/C13H23NO5S/c1-3-13(4-2,12(16)17)9-14-11(15)10-7-5-6-8-20(10,18)19/h10H,3-9H2,1-2H3,(H,14,15)(H,16,17). The van der Waals surface area contributed by atoms with Crippen LogP contribution >= 0.6 is 0 Å². The highest BCUT2D eigenvalue weighted by Crippen LogP contribution is 2.26. The Morgan fingerprint density at radius 1 is 1.25 bits per heavy atom.